The summed E-state index contributed by atoms with van der Waals surface area (Å²) in [6.07, 6.45) is 7.37. The molecule has 1 saturated carbocycles. The summed E-state index contributed by atoms with van der Waals surface area (Å²) in [5.41, 5.74) is 3.35. The molecule has 1 fully saturated rings. The van der Waals surface area contributed by atoms with E-state index in [1.165, 1.54) is 36.0 Å². The molecule has 2 bridgehead atoms. The van der Waals surface area contributed by atoms with Crippen molar-refractivity contribution in [2.75, 3.05) is 0 Å². The molecule has 1 aliphatic heterocycles. The molecule has 1 aromatic heterocycles. The highest BCUT2D eigenvalue weighted by Gasteiger charge is 2.45. The van der Waals surface area contributed by atoms with Gasteiger partial charge in [0.15, 0.2) is 5.60 Å². The molecule has 3 aliphatic rings. The fraction of sp³-hybridized carbons (Fsp3) is 0.500. The van der Waals surface area contributed by atoms with E-state index in [0.717, 1.165) is 23.6 Å². The quantitative estimate of drug-likeness (QED) is 0.845. The molecule has 0 amide bonds. The van der Waals surface area contributed by atoms with E-state index in [1.54, 1.807) is 11.3 Å². The first kappa shape index (κ1) is 12.9. The smallest absolute Gasteiger partial charge is 0.158 e. The second-order valence-electron chi connectivity index (χ2n) is 7.09. The van der Waals surface area contributed by atoms with Crippen LogP contribution in [0.2, 0.25) is 0 Å². The van der Waals surface area contributed by atoms with Gasteiger partial charge in [0.1, 0.15) is 16.5 Å². The zero-order chi connectivity index (χ0) is 14.9. The summed E-state index contributed by atoms with van der Waals surface area (Å²) in [7, 11) is 0. The molecule has 2 aliphatic carbocycles. The standard InChI is InChI=1S/C18H19NO2S/c1-18(17-19-6-7-22-17)5-4-12-9-13(20)14-10-2-3-11(8-10)15(14)16(12)21-18/h6-7,9-11,20H,2-5,8H2,1H3. The second kappa shape index (κ2) is 4.25. The number of aromatic hydroxyl groups is 1. The lowest BCUT2D eigenvalue weighted by molar-refractivity contribution is 0.0603. The van der Waals surface area contributed by atoms with Crippen molar-refractivity contribution < 1.29 is 9.84 Å². The number of hydrogen-bond donors (Lipinski definition) is 1. The van der Waals surface area contributed by atoms with Gasteiger partial charge in [-0.25, -0.2) is 4.98 Å². The van der Waals surface area contributed by atoms with E-state index in [1.807, 2.05) is 17.6 Å². The van der Waals surface area contributed by atoms with E-state index >= 15 is 0 Å². The third-order valence-corrected chi connectivity index (χ3v) is 6.76. The summed E-state index contributed by atoms with van der Waals surface area (Å²) < 4.78 is 6.55. The molecule has 3 atom stereocenters. The molecular formula is C18H19NO2S. The average Bonchev–Trinajstić information content (AvgIpc) is 3.25. The molecule has 5 rings (SSSR count). The van der Waals surface area contributed by atoms with Gasteiger partial charge >= 0.3 is 0 Å². The van der Waals surface area contributed by atoms with Crippen molar-refractivity contribution in [2.45, 2.75) is 56.5 Å². The van der Waals surface area contributed by atoms with Crippen molar-refractivity contribution >= 4 is 11.3 Å². The Morgan fingerprint density at radius 2 is 2.14 bits per heavy atom. The summed E-state index contributed by atoms with van der Waals surface area (Å²) in [5.74, 6) is 2.69. The van der Waals surface area contributed by atoms with E-state index in [4.69, 9.17) is 4.74 Å². The number of aromatic nitrogens is 1. The summed E-state index contributed by atoms with van der Waals surface area (Å²) in [5, 5.41) is 13.5. The third-order valence-electron chi connectivity index (χ3n) is 5.75. The number of phenolic OH excluding ortho intramolecular Hbond substituents is 1. The van der Waals surface area contributed by atoms with Gasteiger partial charge in [0.05, 0.1) is 0 Å². The van der Waals surface area contributed by atoms with Crippen LogP contribution in [0.4, 0.5) is 0 Å². The van der Waals surface area contributed by atoms with Crippen LogP contribution in [-0.2, 0) is 12.0 Å². The van der Waals surface area contributed by atoms with Crippen LogP contribution in [-0.4, -0.2) is 10.1 Å². The van der Waals surface area contributed by atoms with Crippen LogP contribution in [0.25, 0.3) is 0 Å². The largest absolute Gasteiger partial charge is 0.508 e. The molecule has 3 nitrogen and oxygen atoms in total. The van der Waals surface area contributed by atoms with Crippen LogP contribution in [0.15, 0.2) is 17.6 Å². The minimum absolute atomic E-state index is 0.326. The highest BCUT2D eigenvalue weighted by atomic mass is 32.1. The summed E-state index contributed by atoms with van der Waals surface area (Å²) in [6, 6.07) is 1.95. The SMILES string of the molecule is CC1(c2nccs2)CCc2cc(O)c3c(c2O1)C1CCC3C1. The van der Waals surface area contributed by atoms with E-state index in [9.17, 15) is 5.11 Å². The molecule has 2 heterocycles. The van der Waals surface area contributed by atoms with Crippen molar-refractivity contribution in [3.8, 4) is 11.5 Å². The van der Waals surface area contributed by atoms with E-state index < -0.39 is 0 Å². The van der Waals surface area contributed by atoms with Gasteiger partial charge in [-0.05, 0) is 62.5 Å². The lowest BCUT2D eigenvalue weighted by atomic mass is 9.84. The number of benzene rings is 1. The van der Waals surface area contributed by atoms with Gasteiger partial charge in [0.2, 0.25) is 0 Å². The number of rotatable bonds is 1. The van der Waals surface area contributed by atoms with Gasteiger partial charge in [-0.2, -0.15) is 0 Å². The number of thiazole rings is 1. The van der Waals surface area contributed by atoms with Crippen LogP contribution in [0.5, 0.6) is 11.5 Å². The molecule has 0 saturated heterocycles. The van der Waals surface area contributed by atoms with Gasteiger partial charge in [-0.15, -0.1) is 11.3 Å². The normalized spacial score (nSPS) is 31.7. The summed E-state index contributed by atoms with van der Waals surface area (Å²) in [6.45, 7) is 2.15. The van der Waals surface area contributed by atoms with Crippen molar-refractivity contribution in [3.63, 3.8) is 0 Å². The van der Waals surface area contributed by atoms with E-state index in [2.05, 4.69) is 11.9 Å². The fourth-order valence-electron chi connectivity index (χ4n) is 4.67. The molecule has 22 heavy (non-hydrogen) atoms. The summed E-state index contributed by atoms with van der Waals surface area (Å²) >= 11 is 1.67. The number of nitrogens with zero attached hydrogens (tertiary/aromatic N) is 1. The Hall–Kier alpha value is -1.55. The van der Waals surface area contributed by atoms with E-state index in [0.29, 0.717) is 17.6 Å². The Balaban J connectivity index is 1.66. The summed E-state index contributed by atoms with van der Waals surface area (Å²) in [4.78, 5) is 4.49. The Bertz CT molecular complexity index is 755. The fourth-order valence-corrected chi connectivity index (χ4v) is 5.44. The molecule has 2 aromatic rings. The first-order chi connectivity index (χ1) is 10.7. The Kier molecular flexibility index (Phi) is 2.50. The third kappa shape index (κ3) is 1.59. The molecule has 114 valence electrons. The molecular weight excluding hydrogens is 294 g/mol. The topological polar surface area (TPSA) is 42.4 Å². The predicted molar refractivity (Wildman–Crippen MR) is 85.9 cm³/mol. The monoisotopic (exact) mass is 313 g/mol. The Labute approximate surface area is 134 Å². The van der Waals surface area contributed by atoms with Crippen LogP contribution in [0.3, 0.4) is 0 Å². The Morgan fingerprint density at radius 3 is 2.91 bits per heavy atom. The molecule has 0 spiro atoms. The van der Waals surface area contributed by atoms with Gasteiger partial charge < -0.3 is 9.84 Å². The first-order valence-corrected chi connectivity index (χ1v) is 9.01. The lowest BCUT2D eigenvalue weighted by Gasteiger charge is -2.37. The van der Waals surface area contributed by atoms with Crippen LogP contribution in [0, 0.1) is 0 Å². The predicted octanol–water partition coefficient (Wildman–Crippen LogP) is 4.45. The number of hydrogen-bond acceptors (Lipinski definition) is 4. The maximum atomic E-state index is 10.5. The Morgan fingerprint density at radius 1 is 1.32 bits per heavy atom. The minimum atomic E-state index is -0.326. The van der Waals surface area contributed by atoms with Gasteiger partial charge in [0.25, 0.3) is 0 Å². The molecule has 1 aromatic carbocycles. The minimum Gasteiger partial charge on any atom is -0.508 e. The number of phenols is 1. The van der Waals surface area contributed by atoms with Gasteiger partial charge in [-0.1, -0.05) is 0 Å². The highest BCUT2D eigenvalue weighted by molar-refractivity contribution is 7.09. The molecule has 4 heteroatoms. The number of aryl methyl sites for hydroxylation is 1. The molecule has 3 unspecified atom stereocenters. The number of ether oxygens (including phenoxy) is 1. The lowest BCUT2D eigenvalue weighted by Crippen LogP contribution is -2.34. The molecule has 1 N–H and O–H groups in total. The maximum Gasteiger partial charge on any atom is 0.158 e. The van der Waals surface area contributed by atoms with Crippen LogP contribution < -0.4 is 4.74 Å². The second-order valence-corrected chi connectivity index (χ2v) is 7.98. The zero-order valence-corrected chi connectivity index (χ0v) is 13.4. The van der Waals surface area contributed by atoms with Crippen molar-refractivity contribution in [3.05, 3.63) is 39.3 Å². The maximum absolute atomic E-state index is 10.5. The average molecular weight is 313 g/mol. The first-order valence-electron chi connectivity index (χ1n) is 8.13. The van der Waals surface area contributed by atoms with Crippen molar-refractivity contribution in [1.29, 1.82) is 0 Å². The molecule has 0 radical (unpaired) electrons. The van der Waals surface area contributed by atoms with Gasteiger partial charge in [-0.3, -0.25) is 0 Å². The van der Waals surface area contributed by atoms with Gasteiger partial charge in [0, 0.05) is 22.7 Å². The van der Waals surface area contributed by atoms with Crippen LogP contribution in [0.1, 0.15) is 66.1 Å². The van der Waals surface area contributed by atoms with Crippen molar-refractivity contribution in [1.82, 2.24) is 4.98 Å². The van der Waals surface area contributed by atoms with Crippen LogP contribution >= 0.6 is 11.3 Å². The highest BCUT2D eigenvalue weighted by Crippen LogP contribution is 2.60. The number of fused-ring (bicyclic) bond motifs is 7. The van der Waals surface area contributed by atoms with Crippen molar-refractivity contribution in [2.24, 2.45) is 0 Å². The zero-order valence-electron chi connectivity index (χ0n) is 12.6. The van der Waals surface area contributed by atoms with E-state index in [-0.39, 0.29) is 5.60 Å².